The summed E-state index contributed by atoms with van der Waals surface area (Å²) in [5.74, 6) is -0.597. The van der Waals surface area contributed by atoms with E-state index in [2.05, 4.69) is 0 Å². The Hall–Kier alpha value is -1.56. The van der Waals surface area contributed by atoms with Gasteiger partial charge >= 0.3 is 6.18 Å². The Morgan fingerprint density at radius 1 is 1.11 bits per heavy atom. The van der Waals surface area contributed by atoms with Crippen molar-refractivity contribution in [2.24, 2.45) is 0 Å². The first-order chi connectivity index (χ1) is 8.79. The molecule has 0 fully saturated rings. The summed E-state index contributed by atoms with van der Waals surface area (Å²) >= 11 is 0. The summed E-state index contributed by atoms with van der Waals surface area (Å²) in [4.78, 5) is 14.6. The van der Waals surface area contributed by atoms with Gasteiger partial charge < -0.3 is 9.80 Å². The van der Waals surface area contributed by atoms with Crippen LogP contribution in [0, 0.1) is 0 Å². The molecule has 0 heterocycles. The number of carbonyl (C=O) groups excluding carboxylic acids is 1. The number of alkyl halides is 3. The van der Waals surface area contributed by atoms with Crippen molar-refractivity contribution >= 4 is 5.91 Å². The summed E-state index contributed by atoms with van der Waals surface area (Å²) in [6.45, 7) is -0.802. The summed E-state index contributed by atoms with van der Waals surface area (Å²) in [5, 5.41) is 0. The average molecular weight is 274 g/mol. The van der Waals surface area contributed by atoms with E-state index in [0.29, 0.717) is 6.54 Å². The van der Waals surface area contributed by atoms with Gasteiger partial charge in [0.25, 0.3) is 5.91 Å². The topological polar surface area (TPSA) is 23.6 Å². The number of hydrogen-bond acceptors (Lipinski definition) is 2. The van der Waals surface area contributed by atoms with E-state index in [4.69, 9.17) is 0 Å². The van der Waals surface area contributed by atoms with Crippen LogP contribution in [0.2, 0.25) is 0 Å². The number of hydrogen-bond donors (Lipinski definition) is 0. The van der Waals surface area contributed by atoms with E-state index in [-0.39, 0.29) is 12.1 Å². The highest BCUT2D eigenvalue weighted by atomic mass is 19.4. The zero-order valence-corrected chi connectivity index (χ0v) is 10.9. The minimum absolute atomic E-state index is 0.0419. The maximum atomic E-state index is 12.5. The van der Waals surface area contributed by atoms with Gasteiger partial charge in [-0.05, 0) is 26.2 Å². The number of likely N-dealkylation sites (N-methyl/N-ethyl adjacent to an activating group) is 1. The maximum absolute atomic E-state index is 12.5. The zero-order chi connectivity index (χ0) is 14.5. The third-order valence-electron chi connectivity index (χ3n) is 2.50. The second-order valence-corrected chi connectivity index (χ2v) is 4.51. The second-order valence-electron chi connectivity index (χ2n) is 4.51. The standard InChI is InChI=1S/C13H17F3N2O/c1-17(2)8-9-18(10-13(14,15)16)12(19)11-6-4-3-5-7-11/h3-7H,8-10H2,1-2H3. The Balaban J connectivity index is 2.80. The Labute approximate surface area is 110 Å². The first-order valence-electron chi connectivity index (χ1n) is 5.85. The summed E-state index contributed by atoms with van der Waals surface area (Å²) < 4.78 is 37.5. The fraction of sp³-hybridized carbons (Fsp3) is 0.462. The Morgan fingerprint density at radius 2 is 1.68 bits per heavy atom. The third-order valence-corrected chi connectivity index (χ3v) is 2.50. The SMILES string of the molecule is CN(C)CCN(CC(F)(F)F)C(=O)c1ccccc1. The molecule has 6 heteroatoms. The van der Waals surface area contributed by atoms with Crippen molar-refractivity contribution < 1.29 is 18.0 Å². The van der Waals surface area contributed by atoms with Crippen molar-refractivity contribution in [2.75, 3.05) is 33.7 Å². The average Bonchev–Trinajstić information content (AvgIpc) is 2.33. The van der Waals surface area contributed by atoms with E-state index in [0.717, 1.165) is 4.90 Å². The van der Waals surface area contributed by atoms with Crippen LogP contribution in [0.15, 0.2) is 30.3 Å². The molecule has 0 radical (unpaired) electrons. The fourth-order valence-corrected chi connectivity index (χ4v) is 1.55. The monoisotopic (exact) mass is 274 g/mol. The van der Waals surface area contributed by atoms with E-state index in [1.165, 1.54) is 12.1 Å². The predicted octanol–water partition coefficient (Wildman–Crippen LogP) is 2.25. The second kappa shape index (κ2) is 6.56. The predicted molar refractivity (Wildman–Crippen MR) is 67.0 cm³/mol. The van der Waals surface area contributed by atoms with Gasteiger partial charge in [-0.3, -0.25) is 4.79 Å². The van der Waals surface area contributed by atoms with Crippen LogP contribution in [0.3, 0.4) is 0 Å². The van der Waals surface area contributed by atoms with Gasteiger partial charge in [-0.2, -0.15) is 13.2 Å². The lowest BCUT2D eigenvalue weighted by molar-refractivity contribution is -0.141. The summed E-state index contributed by atoms with van der Waals surface area (Å²) in [7, 11) is 3.50. The molecule has 0 saturated heterocycles. The van der Waals surface area contributed by atoms with Crippen molar-refractivity contribution in [2.45, 2.75) is 6.18 Å². The van der Waals surface area contributed by atoms with Crippen LogP contribution in [0.5, 0.6) is 0 Å². The Morgan fingerprint density at radius 3 is 2.16 bits per heavy atom. The number of rotatable bonds is 5. The van der Waals surface area contributed by atoms with Crippen molar-refractivity contribution in [3.63, 3.8) is 0 Å². The van der Waals surface area contributed by atoms with Crippen molar-refractivity contribution in [3.8, 4) is 0 Å². The molecule has 0 bridgehead atoms. The molecule has 1 rings (SSSR count). The van der Waals surface area contributed by atoms with Crippen molar-refractivity contribution in [1.82, 2.24) is 9.80 Å². The third kappa shape index (κ3) is 5.74. The highest BCUT2D eigenvalue weighted by molar-refractivity contribution is 5.94. The summed E-state index contributed by atoms with van der Waals surface area (Å²) in [6.07, 6.45) is -4.39. The summed E-state index contributed by atoms with van der Waals surface area (Å²) in [5.41, 5.74) is 0.269. The smallest absolute Gasteiger partial charge is 0.328 e. The molecule has 0 aliphatic rings. The van der Waals surface area contributed by atoms with Crippen LogP contribution >= 0.6 is 0 Å². The van der Waals surface area contributed by atoms with Gasteiger partial charge in [0.1, 0.15) is 6.54 Å². The van der Waals surface area contributed by atoms with Gasteiger partial charge in [-0.25, -0.2) is 0 Å². The van der Waals surface area contributed by atoms with E-state index in [9.17, 15) is 18.0 Å². The van der Waals surface area contributed by atoms with Crippen LogP contribution in [0.25, 0.3) is 0 Å². The largest absolute Gasteiger partial charge is 0.406 e. The number of carbonyl (C=O) groups is 1. The number of benzene rings is 1. The summed E-state index contributed by atoms with van der Waals surface area (Å²) in [6, 6.07) is 8.00. The number of nitrogens with zero attached hydrogens (tertiary/aromatic N) is 2. The van der Waals surface area contributed by atoms with E-state index in [1.807, 2.05) is 0 Å². The highest BCUT2D eigenvalue weighted by Gasteiger charge is 2.33. The van der Waals surface area contributed by atoms with E-state index < -0.39 is 18.6 Å². The molecule has 0 aromatic heterocycles. The lowest BCUT2D eigenvalue weighted by Crippen LogP contribution is -2.42. The van der Waals surface area contributed by atoms with Crippen LogP contribution in [0.4, 0.5) is 13.2 Å². The van der Waals surface area contributed by atoms with Crippen LogP contribution < -0.4 is 0 Å². The van der Waals surface area contributed by atoms with Gasteiger partial charge in [0.05, 0.1) is 0 Å². The molecular formula is C13H17F3N2O. The first-order valence-corrected chi connectivity index (χ1v) is 5.85. The van der Waals surface area contributed by atoms with Gasteiger partial charge in [-0.15, -0.1) is 0 Å². The lowest BCUT2D eigenvalue weighted by atomic mass is 10.2. The van der Waals surface area contributed by atoms with Crippen molar-refractivity contribution in [3.05, 3.63) is 35.9 Å². The highest BCUT2D eigenvalue weighted by Crippen LogP contribution is 2.18. The van der Waals surface area contributed by atoms with Gasteiger partial charge in [0.2, 0.25) is 0 Å². The molecule has 1 aromatic carbocycles. The quantitative estimate of drug-likeness (QED) is 0.822. The lowest BCUT2D eigenvalue weighted by Gasteiger charge is -2.25. The van der Waals surface area contributed by atoms with Crippen molar-refractivity contribution in [1.29, 1.82) is 0 Å². The molecular weight excluding hydrogens is 257 g/mol. The number of amides is 1. The molecule has 3 nitrogen and oxygen atoms in total. The molecule has 0 N–H and O–H groups in total. The molecule has 19 heavy (non-hydrogen) atoms. The number of halogens is 3. The van der Waals surface area contributed by atoms with Crippen LogP contribution in [0.1, 0.15) is 10.4 Å². The molecule has 1 aromatic rings. The van der Waals surface area contributed by atoms with Crippen LogP contribution in [-0.2, 0) is 0 Å². The fourth-order valence-electron chi connectivity index (χ4n) is 1.55. The minimum Gasteiger partial charge on any atom is -0.328 e. The van der Waals surface area contributed by atoms with E-state index >= 15 is 0 Å². The molecule has 0 spiro atoms. The van der Waals surface area contributed by atoms with Crippen LogP contribution in [-0.4, -0.2) is 55.6 Å². The Kier molecular flexibility index (Phi) is 5.35. The minimum atomic E-state index is -4.39. The zero-order valence-electron chi connectivity index (χ0n) is 10.9. The maximum Gasteiger partial charge on any atom is 0.406 e. The molecule has 0 atom stereocenters. The van der Waals surface area contributed by atoms with E-state index in [1.54, 1.807) is 37.2 Å². The van der Waals surface area contributed by atoms with Gasteiger partial charge in [0.15, 0.2) is 0 Å². The Bertz CT molecular complexity index is 404. The molecule has 0 aliphatic carbocycles. The van der Waals surface area contributed by atoms with Gasteiger partial charge in [-0.1, -0.05) is 18.2 Å². The molecule has 0 unspecified atom stereocenters. The normalized spacial score (nSPS) is 11.7. The van der Waals surface area contributed by atoms with Gasteiger partial charge in [0, 0.05) is 18.7 Å². The molecule has 106 valence electrons. The molecule has 0 aliphatic heterocycles. The molecule has 1 amide bonds. The first kappa shape index (κ1) is 15.5. The molecule has 0 saturated carbocycles.